The second-order valence-electron chi connectivity index (χ2n) is 5.55. The van der Waals surface area contributed by atoms with Crippen LogP contribution in [0.15, 0.2) is 0 Å². The smallest absolute Gasteiger partial charge is 0.279 e. The molecule has 0 spiro atoms. The molecule has 2 aliphatic heterocycles. The van der Waals surface area contributed by atoms with Crippen molar-refractivity contribution in [3.63, 3.8) is 0 Å². The summed E-state index contributed by atoms with van der Waals surface area (Å²) in [6.45, 7) is 0.808. The average Bonchev–Trinajstić information content (AvgIpc) is 2.41. The van der Waals surface area contributed by atoms with Crippen LogP contribution in [0.3, 0.4) is 0 Å². The Kier molecular flexibility index (Phi) is 5.06. The van der Waals surface area contributed by atoms with Crippen molar-refractivity contribution in [2.24, 2.45) is 5.73 Å². The second kappa shape index (κ2) is 6.27. The Balaban J connectivity index is 2.00. The zero-order valence-electron chi connectivity index (χ0n) is 11.5. The van der Waals surface area contributed by atoms with Crippen molar-refractivity contribution in [2.45, 2.75) is 44.2 Å². The third kappa shape index (κ3) is 3.91. The van der Waals surface area contributed by atoms with Gasteiger partial charge in [0.25, 0.3) is 10.2 Å². The highest BCUT2D eigenvalue weighted by Crippen LogP contribution is 2.20. The number of nitrogens with zero attached hydrogens (tertiary/aromatic N) is 1. The Morgan fingerprint density at radius 2 is 1.80 bits per heavy atom. The molecule has 3 N–H and O–H groups in total. The highest BCUT2D eigenvalue weighted by molar-refractivity contribution is 7.91. The minimum Gasteiger partial charge on any atom is -0.329 e. The van der Waals surface area contributed by atoms with Gasteiger partial charge in [-0.05, 0) is 25.7 Å². The lowest BCUT2D eigenvalue weighted by Crippen LogP contribution is -2.54. The molecule has 20 heavy (non-hydrogen) atoms. The topological polar surface area (TPSA) is 110 Å². The molecule has 1 atom stereocenters. The minimum absolute atomic E-state index is 0.0561. The van der Waals surface area contributed by atoms with Gasteiger partial charge in [0.15, 0.2) is 0 Å². The van der Waals surface area contributed by atoms with Crippen molar-refractivity contribution in [1.82, 2.24) is 9.03 Å². The lowest BCUT2D eigenvalue weighted by atomic mass is 10.1. The molecular formula is C11H23N3O4S2. The van der Waals surface area contributed by atoms with E-state index < -0.39 is 20.0 Å². The Morgan fingerprint density at radius 1 is 1.15 bits per heavy atom. The van der Waals surface area contributed by atoms with Crippen LogP contribution in [0.2, 0.25) is 0 Å². The van der Waals surface area contributed by atoms with Gasteiger partial charge in [-0.2, -0.15) is 17.4 Å². The molecule has 2 saturated heterocycles. The van der Waals surface area contributed by atoms with Gasteiger partial charge < -0.3 is 5.73 Å². The van der Waals surface area contributed by atoms with Crippen LogP contribution < -0.4 is 10.5 Å². The van der Waals surface area contributed by atoms with Crippen LogP contribution in [0, 0.1) is 0 Å². The zero-order chi connectivity index (χ0) is 14.8. The van der Waals surface area contributed by atoms with Crippen molar-refractivity contribution in [1.29, 1.82) is 0 Å². The van der Waals surface area contributed by atoms with Gasteiger partial charge in [-0.15, -0.1) is 0 Å². The van der Waals surface area contributed by atoms with E-state index in [4.69, 9.17) is 5.73 Å². The number of hydrogen-bond acceptors (Lipinski definition) is 5. The first-order chi connectivity index (χ1) is 9.34. The van der Waals surface area contributed by atoms with Crippen molar-refractivity contribution in [3.8, 4) is 0 Å². The fraction of sp³-hybridized carbons (Fsp3) is 1.00. The van der Waals surface area contributed by atoms with Crippen LogP contribution in [0.25, 0.3) is 0 Å². The molecule has 0 saturated carbocycles. The van der Waals surface area contributed by atoms with E-state index >= 15 is 0 Å². The van der Waals surface area contributed by atoms with Crippen LogP contribution in [0.1, 0.15) is 32.1 Å². The van der Waals surface area contributed by atoms with Crippen LogP contribution in [-0.2, 0) is 20.0 Å². The number of piperidine rings is 1. The van der Waals surface area contributed by atoms with E-state index in [9.17, 15) is 16.8 Å². The van der Waals surface area contributed by atoms with Crippen molar-refractivity contribution < 1.29 is 16.8 Å². The van der Waals surface area contributed by atoms with E-state index in [1.54, 1.807) is 0 Å². The number of hydrogen-bond donors (Lipinski definition) is 2. The van der Waals surface area contributed by atoms with Crippen LogP contribution in [-0.4, -0.2) is 57.8 Å². The molecule has 0 aromatic carbocycles. The third-order valence-corrected chi connectivity index (χ3v) is 7.47. The van der Waals surface area contributed by atoms with E-state index in [-0.39, 0.29) is 23.6 Å². The van der Waals surface area contributed by atoms with Crippen molar-refractivity contribution in [3.05, 3.63) is 0 Å². The third-order valence-electron chi connectivity index (χ3n) is 4.02. The molecule has 0 aromatic heterocycles. The summed E-state index contributed by atoms with van der Waals surface area (Å²) in [5, 5.41) is 0. The summed E-state index contributed by atoms with van der Waals surface area (Å²) < 4.78 is 51.6. The van der Waals surface area contributed by atoms with Crippen LogP contribution in [0.5, 0.6) is 0 Å². The maximum Gasteiger partial charge on any atom is 0.279 e. The summed E-state index contributed by atoms with van der Waals surface area (Å²) in [6, 6.07) is -0.433. The normalized spacial score (nSPS) is 29.4. The van der Waals surface area contributed by atoms with Gasteiger partial charge in [0.1, 0.15) is 9.84 Å². The van der Waals surface area contributed by atoms with Crippen molar-refractivity contribution >= 4 is 20.0 Å². The molecule has 0 aromatic rings. The molecule has 0 radical (unpaired) electrons. The van der Waals surface area contributed by atoms with Gasteiger partial charge in [0.05, 0.1) is 11.5 Å². The number of rotatable bonds is 4. The molecule has 2 heterocycles. The predicted molar refractivity (Wildman–Crippen MR) is 77.1 cm³/mol. The fourth-order valence-corrected chi connectivity index (χ4v) is 6.05. The summed E-state index contributed by atoms with van der Waals surface area (Å²) >= 11 is 0. The van der Waals surface area contributed by atoms with E-state index in [1.807, 2.05) is 0 Å². The molecular weight excluding hydrogens is 302 g/mol. The highest BCUT2D eigenvalue weighted by Gasteiger charge is 2.34. The summed E-state index contributed by atoms with van der Waals surface area (Å²) in [5.41, 5.74) is 5.65. The largest absolute Gasteiger partial charge is 0.329 e. The average molecular weight is 325 g/mol. The standard InChI is InChI=1S/C11H23N3O4S2/c12-9-11-3-1-2-6-14(11)20(17,18)13-10-4-7-19(15,16)8-5-10/h10-11,13H,1-9,12H2. The van der Waals surface area contributed by atoms with E-state index in [0.29, 0.717) is 25.9 Å². The molecule has 2 aliphatic rings. The number of nitrogens with two attached hydrogens (primary N) is 1. The lowest BCUT2D eigenvalue weighted by molar-refractivity contribution is 0.252. The maximum atomic E-state index is 12.4. The molecule has 0 amide bonds. The first kappa shape index (κ1) is 16.2. The van der Waals surface area contributed by atoms with Gasteiger partial charge >= 0.3 is 0 Å². The first-order valence-electron chi connectivity index (χ1n) is 7.04. The summed E-state index contributed by atoms with van der Waals surface area (Å²) in [5.74, 6) is 0.112. The molecule has 1 unspecified atom stereocenters. The monoisotopic (exact) mass is 325 g/mol. The van der Waals surface area contributed by atoms with E-state index in [0.717, 1.165) is 19.3 Å². The summed E-state index contributed by atoms with van der Waals surface area (Å²) in [7, 11) is -6.55. The molecule has 2 fully saturated rings. The SMILES string of the molecule is NCC1CCCCN1S(=O)(=O)NC1CCS(=O)(=O)CC1. The fourth-order valence-electron chi connectivity index (χ4n) is 2.81. The Hall–Kier alpha value is -0.220. The summed E-state index contributed by atoms with van der Waals surface area (Å²) in [6.07, 6.45) is 3.33. The van der Waals surface area contributed by atoms with Crippen molar-refractivity contribution in [2.75, 3.05) is 24.6 Å². The minimum atomic E-state index is -3.57. The molecule has 2 rings (SSSR count). The second-order valence-corrected chi connectivity index (χ2v) is 9.50. The zero-order valence-corrected chi connectivity index (χ0v) is 13.1. The molecule has 118 valence electrons. The summed E-state index contributed by atoms with van der Waals surface area (Å²) in [4.78, 5) is 0. The molecule has 9 heteroatoms. The molecule has 7 nitrogen and oxygen atoms in total. The van der Waals surface area contributed by atoms with Crippen LogP contribution in [0.4, 0.5) is 0 Å². The van der Waals surface area contributed by atoms with Gasteiger partial charge in [-0.25, -0.2) is 8.42 Å². The van der Waals surface area contributed by atoms with E-state index in [2.05, 4.69) is 4.72 Å². The predicted octanol–water partition coefficient (Wildman–Crippen LogP) is -0.789. The van der Waals surface area contributed by atoms with Crippen LogP contribution >= 0.6 is 0 Å². The lowest BCUT2D eigenvalue weighted by Gasteiger charge is -2.35. The van der Waals surface area contributed by atoms with E-state index in [1.165, 1.54) is 4.31 Å². The number of sulfone groups is 1. The first-order valence-corrected chi connectivity index (χ1v) is 10.3. The quantitative estimate of drug-likeness (QED) is 0.704. The maximum absolute atomic E-state index is 12.4. The highest BCUT2D eigenvalue weighted by atomic mass is 32.2. The number of nitrogens with one attached hydrogen (secondary N) is 1. The van der Waals surface area contributed by atoms with Gasteiger partial charge in [0.2, 0.25) is 0 Å². The van der Waals surface area contributed by atoms with Gasteiger partial charge in [0, 0.05) is 25.2 Å². The van der Waals surface area contributed by atoms with Gasteiger partial charge in [-0.3, -0.25) is 0 Å². The van der Waals surface area contributed by atoms with Gasteiger partial charge in [-0.1, -0.05) is 6.42 Å². The Bertz CT molecular complexity index is 518. The molecule has 0 bridgehead atoms. The Morgan fingerprint density at radius 3 is 2.40 bits per heavy atom. The Labute approximate surface area is 121 Å². The molecule has 0 aliphatic carbocycles.